The fraction of sp³-hybridized carbons (Fsp3) is 0.500. The van der Waals surface area contributed by atoms with Gasteiger partial charge in [0.2, 0.25) is 0 Å². The van der Waals surface area contributed by atoms with Crippen molar-refractivity contribution in [2.45, 2.75) is 19.0 Å². The number of nitrogens with zero attached hydrogens (tertiary/aromatic N) is 1. The van der Waals surface area contributed by atoms with Crippen LogP contribution < -0.4 is 0 Å². The Balaban J connectivity index is 2.03. The van der Waals surface area contributed by atoms with Crippen LogP contribution in [0.5, 0.6) is 0 Å². The number of hydrogen-bond donors (Lipinski definition) is 0. The summed E-state index contributed by atoms with van der Waals surface area (Å²) in [4.78, 5) is 2.06. The zero-order valence-corrected chi connectivity index (χ0v) is 12.4. The summed E-state index contributed by atoms with van der Waals surface area (Å²) in [6.45, 7) is 0.678. The molecule has 1 fully saturated rings. The van der Waals surface area contributed by atoms with Crippen molar-refractivity contribution in [3.63, 3.8) is 0 Å². The van der Waals surface area contributed by atoms with Crippen molar-refractivity contribution >= 4 is 33.0 Å². The number of benzene rings is 1. The summed E-state index contributed by atoms with van der Waals surface area (Å²) in [5, 5.41) is 1.06. The second kappa shape index (κ2) is 5.37. The van der Waals surface area contributed by atoms with E-state index < -0.39 is 9.84 Å². The van der Waals surface area contributed by atoms with Gasteiger partial charge in [0.1, 0.15) is 0 Å². The molecule has 0 N–H and O–H groups in total. The normalized spacial score (nSPS) is 22.6. The zero-order valence-electron chi connectivity index (χ0n) is 10.1. The molecule has 1 aliphatic heterocycles. The summed E-state index contributed by atoms with van der Waals surface area (Å²) >= 11 is 11.8. The first-order valence-electron chi connectivity index (χ1n) is 5.72. The molecule has 0 spiro atoms. The third kappa shape index (κ3) is 3.38. The Hall–Kier alpha value is -0.290. The van der Waals surface area contributed by atoms with E-state index in [1.54, 1.807) is 6.07 Å². The molecule has 0 bridgehead atoms. The summed E-state index contributed by atoms with van der Waals surface area (Å²) in [6, 6.07) is 5.60. The predicted molar refractivity (Wildman–Crippen MR) is 75.0 cm³/mol. The largest absolute Gasteiger partial charge is 0.298 e. The lowest BCUT2D eigenvalue weighted by Crippen LogP contribution is -2.32. The van der Waals surface area contributed by atoms with Crippen molar-refractivity contribution < 1.29 is 8.42 Å². The van der Waals surface area contributed by atoms with Crippen LogP contribution in [-0.2, 0) is 16.4 Å². The van der Waals surface area contributed by atoms with Crippen LogP contribution in [0.15, 0.2) is 18.2 Å². The van der Waals surface area contributed by atoms with E-state index in [0.29, 0.717) is 28.8 Å². The van der Waals surface area contributed by atoms with Gasteiger partial charge in [-0.1, -0.05) is 29.3 Å². The second-order valence-electron chi connectivity index (χ2n) is 4.72. The van der Waals surface area contributed by atoms with E-state index in [1.165, 1.54) is 0 Å². The minimum atomic E-state index is -2.84. The lowest BCUT2D eigenvalue weighted by atomic mass is 10.1. The third-order valence-corrected chi connectivity index (χ3v) is 5.74. The maximum atomic E-state index is 11.4. The highest BCUT2D eigenvalue weighted by Gasteiger charge is 2.30. The van der Waals surface area contributed by atoms with Gasteiger partial charge < -0.3 is 0 Å². The number of sulfone groups is 1. The molecule has 1 unspecified atom stereocenters. The topological polar surface area (TPSA) is 37.4 Å². The molecule has 18 heavy (non-hydrogen) atoms. The second-order valence-corrected chi connectivity index (χ2v) is 7.76. The first-order chi connectivity index (χ1) is 8.37. The Kier molecular flexibility index (Phi) is 4.22. The van der Waals surface area contributed by atoms with Gasteiger partial charge in [0.25, 0.3) is 0 Å². The maximum Gasteiger partial charge on any atom is 0.151 e. The van der Waals surface area contributed by atoms with Crippen molar-refractivity contribution in [3.05, 3.63) is 33.8 Å². The van der Waals surface area contributed by atoms with E-state index in [0.717, 1.165) is 5.56 Å². The van der Waals surface area contributed by atoms with Crippen LogP contribution in [0.4, 0.5) is 0 Å². The van der Waals surface area contributed by atoms with Crippen molar-refractivity contribution in [2.24, 2.45) is 0 Å². The van der Waals surface area contributed by atoms with Gasteiger partial charge in [0.05, 0.1) is 21.6 Å². The van der Waals surface area contributed by atoms with Crippen molar-refractivity contribution in [3.8, 4) is 0 Å². The molecule has 0 saturated carbocycles. The zero-order chi connectivity index (χ0) is 13.3. The van der Waals surface area contributed by atoms with Gasteiger partial charge in [-0.15, -0.1) is 0 Å². The van der Waals surface area contributed by atoms with E-state index in [1.807, 2.05) is 19.2 Å². The molecular weight excluding hydrogens is 293 g/mol. The van der Waals surface area contributed by atoms with Gasteiger partial charge in [-0.05, 0) is 31.2 Å². The van der Waals surface area contributed by atoms with Gasteiger partial charge in [0.15, 0.2) is 9.84 Å². The Morgan fingerprint density at radius 3 is 2.61 bits per heavy atom. The van der Waals surface area contributed by atoms with Crippen LogP contribution in [0.2, 0.25) is 10.0 Å². The average Bonchev–Trinajstić information content (AvgIpc) is 2.64. The van der Waals surface area contributed by atoms with Crippen LogP contribution in [0.1, 0.15) is 12.0 Å². The van der Waals surface area contributed by atoms with E-state index in [-0.39, 0.29) is 11.8 Å². The van der Waals surface area contributed by atoms with Crippen LogP contribution in [0.3, 0.4) is 0 Å². The molecule has 0 amide bonds. The first-order valence-corrected chi connectivity index (χ1v) is 8.30. The van der Waals surface area contributed by atoms with Gasteiger partial charge in [-0.3, -0.25) is 4.90 Å². The van der Waals surface area contributed by atoms with Gasteiger partial charge in [-0.2, -0.15) is 0 Å². The highest BCUT2D eigenvalue weighted by atomic mass is 35.5. The summed E-state index contributed by atoms with van der Waals surface area (Å²) in [5.74, 6) is 0.550. The Morgan fingerprint density at radius 1 is 1.33 bits per heavy atom. The van der Waals surface area contributed by atoms with E-state index in [9.17, 15) is 8.42 Å². The SMILES string of the molecule is CN(Cc1ccc(Cl)c(Cl)c1)C1CCS(=O)(=O)C1. The molecule has 1 heterocycles. The molecule has 3 nitrogen and oxygen atoms in total. The number of rotatable bonds is 3. The van der Waals surface area contributed by atoms with E-state index in [2.05, 4.69) is 4.90 Å². The molecular formula is C12H15Cl2NO2S. The summed E-state index contributed by atoms with van der Waals surface area (Å²) in [5.41, 5.74) is 1.04. The van der Waals surface area contributed by atoms with Crippen molar-refractivity contribution in [1.82, 2.24) is 4.90 Å². The summed E-state index contributed by atoms with van der Waals surface area (Å²) in [7, 11) is -0.898. The van der Waals surface area contributed by atoms with E-state index in [4.69, 9.17) is 23.2 Å². The lowest BCUT2D eigenvalue weighted by molar-refractivity contribution is 0.254. The molecule has 100 valence electrons. The summed E-state index contributed by atoms with van der Waals surface area (Å²) < 4.78 is 22.9. The van der Waals surface area contributed by atoms with Crippen LogP contribution >= 0.6 is 23.2 Å². The molecule has 1 aromatic carbocycles. The minimum Gasteiger partial charge on any atom is -0.298 e. The number of hydrogen-bond acceptors (Lipinski definition) is 3. The van der Waals surface area contributed by atoms with Crippen molar-refractivity contribution in [1.29, 1.82) is 0 Å². The van der Waals surface area contributed by atoms with Gasteiger partial charge in [-0.25, -0.2) is 8.42 Å². The average molecular weight is 308 g/mol. The fourth-order valence-corrected chi connectivity index (χ4v) is 4.30. The molecule has 1 aromatic rings. The lowest BCUT2D eigenvalue weighted by Gasteiger charge is -2.23. The predicted octanol–water partition coefficient (Wildman–Crippen LogP) is 2.61. The molecule has 1 aliphatic rings. The highest BCUT2D eigenvalue weighted by Crippen LogP contribution is 2.24. The maximum absolute atomic E-state index is 11.4. The van der Waals surface area contributed by atoms with E-state index >= 15 is 0 Å². The monoisotopic (exact) mass is 307 g/mol. The molecule has 2 rings (SSSR count). The van der Waals surface area contributed by atoms with Gasteiger partial charge in [0, 0.05) is 12.6 Å². The molecule has 1 saturated heterocycles. The molecule has 0 aliphatic carbocycles. The molecule has 6 heteroatoms. The number of halogens is 2. The molecule has 1 atom stereocenters. The van der Waals surface area contributed by atoms with Crippen LogP contribution in [0, 0.1) is 0 Å². The van der Waals surface area contributed by atoms with Gasteiger partial charge >= 0.3 is 0 Å². The van der Waals surface area contributed by atoms with Crippen LogP contribution in [-0.4, -0.2) is 37.9 Å². The molecule has 0 aromatic heterocycles. The molecule has 0 radical (unpaired) electrons. The Morgan fingerprint density at radius 2 is 2.06 bits per heavy atom. The quantitative estimate of drug-likeness (QED) is 0.861. The van der Waals surface area contributed by atoms with Crippen LogP contribution in [0.25, 0.3) is 0 Å². The highest BCUT2D eigenvalue weighted by molar-refractivity contribution is 7.91. The fourth-order valence-electron chi connectivity index (χ4n) is 2.18. The summed E-state index contributed by atoms with van der Waals surface area (Å²) in [6.07, 6.45) is 0.708. The Labute approximate surface area is 118 Å². The first kappa shape index (κ1) is 14.1. The van der Waals surface area contributed by atoms with Crippen molar-refractivity contribution in [2.75, 3.05) is 18.6 Å². The third-order valence-electron chi connectivity index (χ3n) is 3.25. The smallest absolute Gasteiger partial charge is 0.151 e. The minimum absolute atomic E-state index is 0.101. The Bertz CT molecular complexity index is 545. The standard InChI is InChI=1S/C12H15Cl2NO2S/c1-15(10-4-5-18(16,17)8-10)7-9-2-3-11(13)12(14)6-9/h2-3,6,10H,4-5,7-8H2,1H3.